The van der Waals surface area contributed by atoms with Gasteiger partial charge in [-0.2, -0.15) is 0 Å². The van der Waals surface area contributed by atoms with Crippen molar-refractivity contribution in [3.8, 4) is 5.69 Å². The number of hydrogen-bond acceptors (Lipinski definition) is 3. The molecule has 4 aromatic rings. The van der Waals surface area contributed by atoms with E-state index in [1.807, 2.05) is 24.4 Å². The predicted molar refractivity (Wildman–Crippen MR) is 177 cm³/mol. The molecule has 0 aliphatic carbocycles. The molecule has 41 heavy (non-hydrogen) atoms. The second-order valence-electron chi connectivity index (χ2n) is 11.6. The van der Waals surface area contributed by atoms with E-state index < -0.39 is 0 Å². The topological polar surface area (TPSA) is 36.3 Å². The summed E-state index contributed by atoms with van der Waals surface area (Å²) in [5.74, 6) is 1.29. The smallest absolute Gasteiger partial charge is 0.174 e. The lowest BCUT2D eigenvalue weighted by Gasteiger charge is -2.37. The minimum atomic E-state index is -0.126. The van der Waals surface area contributed by atoms with E-state index in [2.05, 4.69) is 112 Å². The van der Waals surface area contributed by atoms with Crippen molar-refractivity contribution < 1.29 is 0 Å². The Morgan fingerprint density at radius 3 is 2.37 bits per heavy atom. The first-order chi connectivity index (χ1) is 19.7. The highest BCUT2D eigenvalue weighted by Gasteiger charge is 2.42. The van der Waals surface area contributed by atoms with Crippen molar-refractivity contribution in [2.75, 3.05) is 22.9 Å². The fourth-order valence-corrected chi connectivity index (χ4v) is 7.90. The molecule has 0 saturated carbocycles. The maximum absolute atomic E-state index is 7.04. The van der Waals surface area contributed by atoms with Crippen LogP contribution in [0, 0.1) is 25.7 Å². The number of hydrogen-bond donors (Lipinski definition) is 1. The van der Waals surface area contributed by atoms with Gasteiger partial charge in [0, 0.05) is 40.8 Å². The number of halogens is 2. The Kier molecular flexibility index (Phi) is 7.88. The Morgan fingerprint density at radius 1 is 0.951 bits per heavy atom. The van der Waals surface area contributed by atoms with E-state index in [4.69, 9.17) is 28.8 Å². The largest absolute Gasteiger partial charge is 0.370 e. The zero-order valence-electron chi connectivity index (χ0n) is 23.8. The summed E-state index contributed by atoms with van der Waals surface area (Å²) >= 11 is 16.8. The van der Waals surface area contributed by atoms with Gasteiger partial charge in [0.1, 0.15) is 0 Å². The predicted octanol–water partition coefficient (Wildman–Crippen LogP) is 8.56. The Balaban J connectivity index is 1.45. The summed E-state index contributed by atoms with van der Waals surface area (Å²) in [6, 6.07) is 22.8. The normalized spacial score (nSPS) is 22.7. The molecule has 1 N–H and O–H groups in total. The van der Waals surface area contributed by atoms with Gasteiger partial charge in [-0.1, -0.05) is 43.6 Å². The Hall–Kier alpha value is -2.87. The van der Waals surface area contributed by atoms with E-state index in [0.717, 1.165) is 56.7 Å². The molecule has 0 radical (unpaired) electrons. The second-order valence-corrected chi connectivity index (χ2v) is 13.2. The highest BCUT2D eigenvalue weighted by Crippen LogP contribution is 2.45. The molecule has 212 valence electrons. The number of benzene rings is 2. The van der Waals surface area contributed by atoms with Gasteiger partial charge < -0.3 is 19.7 Å². The van der Waals surface area contributed by atoms with Crippen LogP contribution in [0.4, 0.5) is 11.4 Å². The number of nitrogens with one attached hydrogen (secondary N) is 1. The first-order valence-corrected chi connectivity index (χ1v) is 15.8. The number of thiocarbonyl (C=S) groups is 1. The van der Waals surface area contributed by atoms with Crippen LogP contribution < -0.4 is 15.1 Å². The van der Waals surface area contributed by atoms with Gasteiger partial charge in [0.2, 0.25) is 0 Å². The number of aryl methyl sites for hydroxylation is 1. The van der Waals surface area contributed by atoms with Gasteiger partial charge >= 0.3 is 0 Å². The minimum absolute atomic E-state index is 0.114. The third-order valence-electron chi connectivity index (χ3n) is 8.40. The van der Waals surface area contributed by atoms with Crippen LogP contribution in [0.5, 0.6) is 0 Å². The van der Waals surface area contributed by atoms with Crippen molar-refractivity contribution in [3.63, 3.8) is 0 Å². The van der Waals surface area contributed by atoms with Gasteiger partial charge in [-0.15, -0.1) is 0 Å². The molecule has 4 atom stereocenters. The number of rotatable bonds is 5. The molecule has 2 aromatic carbocycles. The first-order valence-electron chi connectivity index (χ1n) is 14.2. The molecule has 2 aliphatic rings. The molecular formula is C33H35BrClN5S. The van der Waals surface area contributed by atoms with Crippen LogP contribution in [0.15, 0.2) is 77.4 Å². The van der Waals surface area contributed by atoms with E-state index in [0.29, 0.717) is 16.9 Å². The monoisotopic (exact) mass is 647 g/mol. The third kappa shape index (κ3) is 5.28. The average molecular weight is 649 g/mol. The van der Waals surface area contributed by atoms with Crippen LogP contribution in [0.1, 0.15) is 55.0 Å². The molecule has 5 nitrogen and oxygen atoms in total. The van der Waals surface area contributed by atoms with E-state index in [1.54, 1.807) is 0 Å². The van der Waals surface area contributed by atoms with Gasteiger partial charge in [-0.25, -0.2) is 0 Å². The summed E-state index contributed by atoms with van der Waals surface area (Å²) in [7, 11) is 0. The third-order valence-corrected chi connectivity index (χ3v) is 9.69. The number of para-hydroxylation sites is 1. The Labute approximate surface area is 261 Å². The molecule has 4 unspecified atom stereocenters. The van der Waals surface area contributed by atoms with E-state index in [-0.39, 0.29) is 12.1 Å². The van der Waals surface area contributed by atoms with Gasteiger partial charge in [0.05, 0.1) is 34.2 Å². The zero-order valence-corrected chi connectivity index (χ0v) is 27.0. The van der Waals surface area contributed by atoms with Crippen LogP contribution >= 0.6 is 39.7 Å². The standard InChI is InChI=1S/C33H35BrClN5S/c1-20-15-21(2)19-38(18-20)30-13-12-24(17-27(30)35)40-32(31(37-33(40)41)28-10-7-8-14-36-28)25-16-22(3)39(23(25)4)29-11-6-5-9-26(29)34/h5-14,16-17,20-21,31-32H,15,18-19H2,1-4H3,(H,37,41). The highest BCUT2D eigenvalue weighted by molar-refractivity contribution is 9.10. The van der Waals surface area contributed by atoms with Crippen molar-refractivity contribution in [1.29, 1.82) is 0 Å². The first kappa shape index (κ1) is 28.3. The quantitative estimate of drug-likeness (QED) is 0.220. The van der Waals surface area contributed by atoms with Crippen molar-refractivity contribution in [1.82, 2.24) is 14.9 Å². The molecule has 2 fully saturated rings. The molecule has 2 aliphatic heterocycles. The van der Waals surface area contributed by atoms with Gasteiger partial charge in [-0.05, 0) is 114 Å². The maximum Gasteiger partial charge on any atom is 0.174 e. The van der Waals surface area contributed by atoms with Crippen molar-refractivity contribution in [2.24, 2.45) is 11.8 Å². The Morgan fingerprint density at radius 2 is 1.68 bits per heavy atom. The number of piperidine rings is 1. The minimum Gasteiger partial charge on any atom is -0.370 e. The molecule has 0 bridgehead atoms. The van der Waals surface area contributed by atoms with Crippen molar-refractivity contribution >= 4 is 56.2 Å². The van der Waals surface area contributed by atoms with Gasteiger partial charge in [-0.3, -0.25) is 4.98 Å². The lowest BCUT2D eigenvalue weighted by atomic mass is 9.91. The number of nitrogens with zero attached hydrogens (tertiary/aromatic N) is 4. The van der Waals surface area contributed by atoms with Crippen LogP contribution in [0.3, 0.4) is 0 Å². The van der Waals surface area contributed by atoms with Crippen LogP contribution in [0.2, 0.25) is 5.02 Å². The molecular weight excluding hydrogens is 614 g/mol. The van der Waals surface area contributed by atoms with E-state index >= 15 is 0 Å². The molecule has 0 amide bonds. The van der Waals surface area contributed by atoms with Crippen LogP contribution in [-0.2, 0) is 0 Å². The molecule has 2 aromatic heterocycles. The summed E-state index contributed by atoms with van der Waals surface area (Å²) in [6.07, 6.45) is 3.10. The van der Waals surface area contributed by atoms with Crippen LogP contribution in [-0.4, -0.2) is 27.8 Å². The van der Waals surface area contributed by atoms with Crippen molar-refractivity contribution in [3.05, 3.63) is 105 Å². The lowest BCUT2D eigenvalue weighted by molar-refractivity contribution is 0.357. The van der Waals surface area contributed by atoms with E-state index in [9.17, 15) is 0 Å². The number of pyridine rings is 1. The molecule has 6 rings (SSSR count). The summed E-state index contributed by atoms with van der Waals surface area (Å²) in [5, 5.41) is 5.03. The highest BCUT2D eigenvalue weighted by atomic mass is 79.9. The van der Waals surface area contributed by atoms with Gasteiger partial charge in [0.25, 0.3) is 0 Å². The Bertz CT molecular complexity index is 1580. The molecule has 4 heterocycles. The zero-order chi connectivity index (χ0) is 28.8. The summed E-state index contributed by atoms with van der Waals surface area (Å²) < 4.78 is 3.36. The summed E-state index contributed by atoms with van der Waals surface area (Å²) in [4.78, 5) is 9.40. The number of aromatic nitrogens is 2. The SMILES string of the molecule is Cc1cc(C2C(c3ccccn3)NC(=S)N2c2ccc(N3CC(C)CC(C)C3)c(Cl)c2)c(C)n1-c1ccccc1Br. The fraction of sp³-hybridized carbons (Fsp3) is 0.333. The van der Waals surface area contributed by atoms with Gasteiger partial charge in [0.15, 0.2) is 5.11 Å². The van der Waals surface area contributed by atoms with E-state index in [1.165, 1.54) is 12.0 Å². The average Bonchev–Trinajstić information content (AvgIpc) is 3.43. The second kappa shape index (κ2) is 11.4. The number of anilines is 2. The maximum atomic E-state index is 7.04. The fourth-order valence-electron chi connectivity index (χ4n) is 6.80. The summed E-state index contributed by atoms with van der Waals surface area (Å²) in [6.45, 7) is 11.0. The lowest BCUT2D eigenvalue weighted by Crippen LogP contribution is -2.38. The molecule has 0 spiro atoms. The summed E-state index contributed by atoms with van der Waals surface area (Å²) in [5.41, 5.74) is 7.65. The molecule has 8 heteroatoms. The van der Waals surface area contributed by atoms with Crippen molar-refractivity contribution in [2.45, 2.75) is 46.2 Å². The molecule has 2 saturated heterocycles. The van der Waals surface area contributed by atoms with Crippen LogP contribution in [0.25, 0.3) is 5.69 Å².